The molecule has 182 valence electrons. The van der Waals surface area contributed by atoms with E-state index in [1.807, 2.05) is 17.9 Å². The van der Waals surface area contributed by atoms with Crippen molar-refractivity contribution >= 4 is 40.5 Å². The van der Waals surface area contributed by atoms with Crippen LogP contribution in [0.4, 0.5) is 4.79 Å². The SMILES string of the molecule is Cc1ccc(C(=O)NNC(=O)c2csc(C3CCN(C(=O)NCCC4=CCCCC4)CC3)n2)s1. The van der Waals surface area contributed by atoms with E-state index in [0.717, 1.165) is 35.6 Å². The summed E-state index contributed by atoms with van der Waals surface area (Å²) in [4.78, 5) is 44.9. The Bertz CT molecular complexity index is 1050. The van der Waals surface area contributed by atoms with Crippen molar-refractivity contribution in [1.82, 2.24) is 26.1 Å². The Morgan fingerprint density at radius 1 is 1.12 bits per heavy atom. The molecule has 0 spiro atoms. The summed E-state index contributed by atoms with van der Waals surface area (Å²) < 4.78 is 0. The van der Waals surface area contributed by atoms with Crippen molar-refractivity contribution in [2.75, 3.05) is 19.6 Å². The molecule has 0 aromatic carbocycles. The first-order chi connectivity index (χ1) is 16.5. The molecule has 34 heavy (non-hydrogen) atoms. The van der Waals surface area contributed by atoms with Gasteiger partial charge >= 0.3 is 6.03 Å². The lowest BCUT2D eigenvalue weighted by atomic mass is 9.97. The third-order valence-electron chi connectivity index (χ3n) is 6.25. The molecule has 8 nitrogen and oxygen atoms in total. The first kappa shape index (κ1) is 24.4. The maximum absolute atomic E-state index is 12.5. The second kappa shape index (κ2) is 11.6. The summed E-state index contributed by atoms with van der Waals surface area (Å²) in [5.74, 6) is -0.552. The van der Waals surface area contributed by atoms with E-state index in [-0.39, 0.29) is 17.9 Å². The van der Waals surface area contributed by atoms with Crippen LogP contribution in [0.25, 0.3) is 0 Å². The molecule has 1 saturated heterocycles. The molecular weight excluding hydrogens is 470 g/mol. The van der Waals surface area contributed by atoms with Crippen LogP contribution in [0, 0.1) is 6.92 Å². The van der Waals surface area contributed by atoms with Gasteiger partial charge in [-0.2, -0.15) is 0 Å². The number of amides is 4. The fourth-order valence-corrected chi connectivity index (χ4v) is 6.01. The van der Waals surface area contributed by atoms with E-state index in [2.05, 4.69) is 27.2 Å². The van der Waals surface area contributed by atoms with Gasteiger partial charge < -0.3 is 10.2 Å². The predicted molar refractivity (Wildman–Crippen MR) is 134 cm³/mol. The topological polar surface area (TPSA) is 103 Å². The normalized spacial score (nSPS) is 16.6. The smallest absolute Gasteiger partial charge is 0.317 e. The van der Waals surface area contributed by atoms with Crippen LogP contribution in [-0.4, -0.2) is 47.4 Å². The molecule has 3 N–H and O–H groups in total. The van der Waals surface area contributed by atoms with Crippen molar-refractivity contribution in [3.8, 4) is 0 Å². The van der Waals surface area contributed by atoms with Crippen LogP contribution >= 0.6 is 22.7 Å². The molecule has 2 aromatic heterocycles. The number of allylic oxidation sites excluding steroid dienone is 1. The van der Waals surface area contributed by atoms with Crippen molar-refractivity contribution < 1.29 is 14.4 Å². The molecule has 0 atom stereocenters. The Hall–Kier alpha value is -2.72. The average molecular weight is 502 g/mol. The molecule has 0 unspecified atom stereocenters. The Labute approximate surface area is 207 Å². The minimum absolute atomic E-state index is 0.00532. The highest BCUT2D eigenvalue weighted by atomic mass is 32.1. The number of nitrogens with zero attached hydrogens (tertiary/aromatic N) is 2. The van der Waals surface area contributed by atoms with Gasteiger partial charge in [-0.1, -0.05) is 11.6 Å². The highest BCUT2D eigenvalue weighted by molar-refractivity contribution is 7.14. The number of hydrogen-bond acceptors (Lipinski definition) is 6. The van der Waals surface area contributed by atoms with Crippen molar-refractivity contribution in [3.63, 3.8) is 0 Å². The second-order valence-electron chi connectivity index (χ2n) is 8.74. The summed E-state index contributed by atoms with van der Waals surface area (Å²) in [6, 6.07) is 3.59. The number of aryl methyl sites for hydroxylation is 1. The van der Waals surface area contributed by atoms with Gasteiger partial charge in [0.25, 0.3) is 11.8 Å². The Morgan fingerprint density at radius 2 is 1.91 bits per heavy atom. The second-order valence-corrected chi connectivity index (χ2v) is 10.9. The summed E-state index contributed by atoms with van der Waals surface area (Å²) in [5, 5.41) is 5.67. The molecule has 0 radical (unpaired) electrons. The lowest BCUT2D eigenvalue weighted by Crippen LogP contribution is -2.44. The third kappa shape index (κ3) is 6.44. The van der Waals surface area contributed by atoms with Crippen molar-refractivity contribution in [2.45, 2.75) is 57.8 Å². The monoisotopic (exact) mass is 501 g/mol. The maximum Gasteiger partial charge on any atom is 0.317 e. The van der Waals surface area contributed by atoms with E-state index in [0.29, 0.717) is 30.2 Å². The minimum Gasteiger partial charge on any atom is -0.338 e. The number of piperidine rings is 1. The summed E-state index contributed by atoms with van der Waals surface area (Å²) in [6.07, 6.45) is 9.78. The van der Waals surface area contributed by atoms with E-state index < -0.39 is 5.91 Å². The van der Waals surface area contributed by atoms with Gasteiger partial charge in [-0.3, -0.25) is 20.4 Å². The van der Waals surface area contributed by atoms with Crippen LogP contribution in [0.3, 0.4) is 0 Å². The quantitative estimate of drug-likeness (QED) is 0.404. The number of hydrogen-bond donors (Lipinski definition) is 3. The number of carbonyl (C=O) groups is 3. The number of urea groups is 1. The number of thiazole rings is 1. The molecule has 4 amide bonds. The van der Waals surface area contributed by atoms with E-state index in [1.165, 1.54) is 47.5 Å². The highest BCUT2D eigenvalue weighted by Crippen LogP contribution is 2.30. The molecule has 2 aliphatic rings. The van der Waals surface area contributed by atoms with Gasteiger partial charge in [0.1, 0.15) is 5.69 Å². The van der Waals surface area contributed by atoms with Crippen LogP contribution in [-0.2, 0) is 0 Å². The Kier molecular flexibility index (Phi) is 8.34. The molecule has 1 aliphatic carbocycles. The van der Waals surface area contributed by atoms with Crippen LogP contribution in [0.2, 0.25) is 0 Å². The lowest BCUT2D eigenvalue weighted by molar-refractivity contribution is 0.0846. The molecule has 4 rings (SSSR count). The first-order valence-electron chi connectivity index (χ1n) is 11.8. The zero-order valence-electron chi connectivity index (χ0n) is 19.4. The van der Waals surface area contributed by atoms with E-state index in [1.54, 1.807) is 11.4 Å². The zero-order chi connectivity index (χ0) is 23.9. The molecule has 3 heterocycles. The number of thiophene rings is 1. The number of nitrogens with one attached hydrogen (secondary N) is 3. The van der Waals surface area contributed by atoms with Gasteiger partial charge in [0.15, 0.2) is 0 Å². The van der Waals surface area contributed by atoms with E-state index >= 15 is 0 Å². The van der Waals surface area contributed by atoms with Gasteiger partial charge in [-0.15, -0.1) is 22.7 Å². The zero-order valence-corrected chi connectivity index (χ0v) is 21.0. The van der Waals surface area contributed by atoms with Gasteiger partial charge in [0.05, 0.1) is 9.88 Å². The number of rotatable bonds is 6. The van der Waals surface area contributed by atoms with Crippen LogP contribution in [0.1, 0.15) is 80.9 Å². The van der Waals surface area contributed by atoms with E-state index in [9.17, 15) is 14.4 Å². The highest BCUT2D eigenvalue weighted by Gasteiger charge is 2.26. The van der Waals surface area contributed by atoms with Gasteiger partial charge in [-0.25, -0.2) is 9.78 Å². The molecule has 1 fully saturated rings. The molecule has 0 bridgehead atoms. The average Bonchev–Trinajstić information content (AvgIpc) is 3.53. The van der Waals surface area contributed by atoms with Gasteiger partial charge in [-0.05, 0) is 64.0 Å². The molecule has 10 heteroatoms. The molecular formula is C24H31N5O3S2. The minimum atomic E-state index is -0.436. The van der Waals surface area contributed by atoms with Crippen molar-refractivity contribution in [2.24, 2.45) is 0 Å². The summed E-state index contributed by atoms with van der Waals surface area (Å²) in [5.41, 5.74) is 6.63. The fourth-order valence-electron chi connectivity index (χ4n) is 4.28. The van der Waals surface area contributed by atoms with E-state index in [4.69, 9.17) is 0 Å². The number of likely N-dealkylation sites (tertiary alicyclic amines) is 1. The molecule has 0 saturated carbocycles. The van der Waals surface area contributed by atoms with Crippen molar-refractivity contribution in [1.29, 1.82) is 0 Å². The number of carbonyl (C=O) groups excluding carboxylic acids is 3. The third-order valence-corrected chi connectivity index (χ3v) is 8.25. The fraction of sp³-hybridized carbons (Fsp3) is 0.500. The Morgan fingerprint density at radius 3 is 2.62 bits per heavy atom. The molecule has 2 aromatic rings. The predicted octanol–water partition coefficient (Wildman–Crippen LogP) is 4.37. The van der Waals surface area contributed by atoms with Gasteiger partial charge in [0, 0.05) is 35.8 Å². The summed E-state index contributed by atoms with van der Waals surface area (Å²) >= 11 is 2.82. The van der Waals surface area contributed by atoms with Crippen LogP contribution < -0.4 is 16.2 Å². The first-order valence-corrected chi connectivity index (χ1v) is 13.5. The summed E-state index contributed by atoms with van der Waals surface area (Å²) in [7, 11) is 0. The lowest BCUT2D eigenvalue weighted by Gasteiger charge is -2.31. The van der Waals surface area contributed by atoms with Crippen LogP contribution in [0.5, 0.6) is 0 Å². The molecule has 1 aliphatic heterocycles. The van der Waals surface area contributed by atoms with Gasteiger partial charge in [0.2, 0.25) is 0 Å². The number of aromatic nitrogens is 1. The summed E-state index contributed by atoms with van der Waals surface area (Å²) in [6.45, 7) is 3.97. The maximum atomic E-state index is 12.5. The standard InChI is InChI=1S/C24H31N5O3S2/c1-16-7-8-20(34-16)22(31)28-27-21(30)19-15-33-23(26-19)18-10-13-29(14-11-18)24(32)25-12-9-17-5-3-2-4-6-17/h5,7-8,15,18H,2-4,6,9-14H2,1H3,(H,25,32)(H,27,30)(H,28,31). The van der Waals surface area contributed by atoms with Crippen LogP contribution in [0.15, 0.2) is 29.2 Å². The van der Waals surface area contributed by atoms with Crippen molar-refractivity contribution in [3.05, 3.63) is 49.6 Å². The Balaban J connectivity index is 1.19. The largest absolute Gasteiger partial charge is 0.338 e. The number of hydrazine groups is 1.